The van der Waals surface area contributed by atoms with Crippen molar-refractivity contribution in [3.05, 3.63) is 0 Å². The van der Waals surface area contributed by atoms with Gasteiger partial charge in [0.1, 0.15) is 0 Å². The van der Waals surface area contributed by atoms with Gasteiger partial charge in [0.05, 0.1) is 12.7 Å². The first kappa shape index (κ1) is 13.2. The quantitative estimate of drug-likeness (QED) is 0.774. The molecule has 0 aromatic heterocycles. The molecule has 3 atom stereocenters. The second-order valence-electron chi connectivity index (χ2n) is 6.19. The molecule has 18 heavy (non-hydrogen) atoms. The summed E-state index contributed by atoms with van der Waals surface area (Å²) in [5, 5.41) is 14.1. The summed E-state index contributed by atoms with van der Waals surface area (Å²) in [5.74, 6) is 1.15. The van der Waals surface area contributed by atoms with E-state index in [2.05, 4.69) is 17.1 Å². The van der Waals surface area contributed by atoms with Crippen molar-refractivity contribution < 1.29 is 9.84 Å². The Bertz CT molecular complexity index is 279. The van der Waals surface area contributed by atoms with Crippen LogP contribution in [-0.4, -0.2) is 47.0 Å². The lowest BCUT2D eigenvalue weighted by molar-refractivity contribution is 0.128. The lowest BCUT2D eigenvalue weighted by Gasteiger charge is -2.28. The maximum absolute atomic E-state index is 9.69. The first-order valence-electron chi connectivity index (χ1n) is 7.41. The summed E-state index contributed by atoms with van der Waals surface area (Å²) in [5.41, 5.74) is 0.0371. The van der Waals surface area contributed by atoms with Gasteiger partial charge in [-0.25, -0.2) is 0 Å². The Balaban J connectivity index is 1.44. The van der Waals surface area contributed by atoms with Crippen LogP contribution >= 0.6 is 11.8 Å². The molecule has 0 aromatic rings. The Morgan fingerprint density at radius 3 is 2.83 bits per heavy atom. The molecule has 104 valence electrons. The highest BCUT2D eigenvalue weighted by Gasteiger charge is 2.42. The van der Waals surface area contributed by atoms with Crippen molar-refractivity contribution in [1.29, 1.82) is 0 Å². The van der Waals surface area contributed by atoms with Gasteiger partial charge in [-0.3, -0.25) is 0 Å². The van der Waals surface area contributed by atoms with Gasteiger partial charge in [0.2, 0.25) is 0 Å². The largest absolute Gasteiger partial charge is 0.394 e. The second-order valence-corrected chi connectivity index (χ2v) is 7.52. The number of nitrogens with one attached hydrogen (secondary N) is 1. The van der Waals surface area contributed by atoms with Gasteiger partial charge in [0.15, 0.2) is 0 Å². The normalized spacial score (nSPS) is 40.5. The van der Waals surface area contributed by atoms with E-state index in [1.165, 1.54) is 32.1 Å². The van der Waals surface area contributed by atoms with E-state index in [-0.39, 0.29) is 5.54 Å². The van der Waals surface area contributed by atoms with E-state index in [0.29, 0.717) is 24.0 Å². The third-order valence-electron chi connectivity index (χ3n) is 4.50. The van der Waals surface area contributed by atoms with Crippen LogP contribution in [0.5, 0.6) is 0 Å². The number of rotatable bonds is 6. The number of aliphatic hydroxyl groups excluding tert-OH is 1. The fraction of sp³-hybridized carbons (Fsp3) is 1.00. The molecule has 3 aliphatic rings. The van der Waals surface area contributed by atoms with Crippen molar-refractivity contribution in [3.8, 4) is 0 Å². The summed E-state index contributed by atoms with van der Waals surface area (Å²) >= 11 is 2.07. The number of hydrogen-bond donors (Lipinski definition) is 2. The molecule has 3 unspecified atom stereocenters. The molecule has 0 radical (unpaired) electrons. The highest BCUT2D eigenvalue weighted by atomic mass is 32.2. The van der Waals surface area contributed by atoms with Gasteiger partial charge in [-0.2, -0.15) is 11.8 Å². The molecule has 4 heteroatoms. The van der Waals surface area contributed by atoms with Gasteiger partial charge in [0.25, 0.3) is 0 Å². The van der Waals surface area contributed by atoms with Crippen molar-refractivity contribution >= 4 is 11.8 Å². The zero-order valence-electron chi connectivity index (χ0n) is 11.1. The Morgan fingerprint density at radius 2 is 2.17 bits per heavy atom. The molecule has 1 saturated heterocycles. The third kappa shape index (κ3) is 3.21. The smallest absolute Gasteiger partial charge is 0.0666 e. The molecule has 2 saturated carbocycles. The Kier molecular flexibility index (Phi) is 4.18. The van der Waals surface area contributed by atoms with E-state index in [4.69, 9.17) is 4.74 Å². The monoisotopic (exact) mass is 271 g/mol. The van der Waals surface area contributed by atoms with Gasteiger partial charge >= 0.3 is 0 Å². The Labute approximate surface area is 114 Å². The van der Waals surface area contributed by atoms with E-state index < -0.39 is 0 Å². The van der Waals surface area contributed by atoms with Gasteiger partial charge in [-0.05, 0) is 44.9 Å². The molecule has 2 aliphatic carbocycles. The van der Waals surface area contributed by atoms with Gasteiger partial charge in [-0.1, -0.05) is 0 Å². The molecule has 0 aromatic carbocycles. The highest BCUT2D eigenvalue weighted by Crippen LogP contribution is 2.39. The standard InChI is InChI=1S/C14H25NO2S/c16-10-14(15-11-3-4-11)6-5-13(8-14)18-9-12-2-1-7-17-12/h11-13,15-16H,1-10H2. The number of ether oxygens (including phenoxy) is 1. The zero-order chi connectivity index (χ0) is 12.4. The van der Waals surface area contributed by atoms with Gasteiger partial charge in [-0.15, -0.1) is 0 Å². The molecule has 3 nitrogen and oxygen atoms in total. The topological polar surface area (TPSA) is 41.5 Å². The Hall–Kier alpha value is 0.230. The molecule has 1 aliphatic heterocycles. The maximum atomic E-state index is 9.69. The summed E-state index contributed by atoms with van der Waals surface area (Å²) in [7, 11) is 0. The molecular formula is C14H25NO2S. The third-order valence-corrected chi connectivity index (χ3v) is 5.93. The van der Waals surface area contributed by atoms with Crippen LogP contribution in [0.2, 0.25) is 0 Å². The number of thioether (sulfide) groups is 1. The zero-order valence-corrected chi connectivity index (χ0v) is 11.9. The van der Waals surface area contributed by atoms with Crippen LogP contribution in [0.4, 0.5) is 0 Å². The fourth-order valence-corrected chi connectivity index (χ4v) is 4.69. The molecule has 3 rings (SSSR count). The van der Waals surface area contributed by atoms with Crippen molar-refractivity contribution in [2.45, 2.75) is 67.9 Å². The molecule has 2 N–H and O–H groups in total. The van der Waals surface area contributed by atoms with E-state index >= 15 is 0 Å². The summed E-state index contributed by atoms with van der Waals surface area (Å²) in [6.45, 7) is 1.26. The van der Waals surface area contributed by atoms with Crippen LogP contribution in [-0.2, 0) is 4.74 Å². The van der Waals surface area contributed by atoms with Gasteiger partial charge in [0, 0.05) is 29.2 Å². The van der Waals surface area contributed by atoms with Crippen molar-refractivity contribution in [1.82, 2.24) is 5.32 Å². The molecule has 0 spiro atoms. The van der Waals surface area contributed by atoms with Crippen LogP contribution < -0.4 is 5.32 Å². The minimum Gasteiger partial charge on any atom is -0.394 e. The molecule has 1 heterocycles. The van der Waals surface area contributed by atoms with Crippen LogP contribution in [0.15, 0.2) is 0 Å². The van der Waals surface area contributed by atoms with E-state index in [1.807, 2.05) is 0 Å². The maximum Gasteiger partial charge on any atom is 0.0666 e. The predicted octanol–water partition coefficient (Wildman–Crippen LogP) is 1.93. The Morgan fingerprint density at radius 1 is 1.28 bits per heavy atom. The molecule has 0 bridgehead atoms. The highest BCUT2D eigenvalue weighted by molar-refractivity contribution is 7.99. The summed E-state index contributed by atoms with van der Waals surface area (Å²) < 4.78 is 5.68. The SMILES string of the molecule is OCC1(NC2CC2)CCC(SCC2CCCO2)C1. The van der Waals surface area contributed by atoms with Crippen LogP contribution in [0.3, 0.4) is 0 Å². The average molecular weight is 271 g/mol. The predicted molar refractivity (Wildman–Crippen MR) is 75.0 cm³/mol. The lowest BCUT2D eigenvalue weighted by Crippen LogP contribution is -2.47. The van der Waals surface area contributed by atoms with Gasteiger partial charge < -0.3 is 15.2 Å². The van der Waals surface area contributed by atoms with Crippen LogP contribution in [0.25, 0.3) is 0 Å². The van der Waals surface area contributed by atoms with Crippen molar-refractivity contribution in [2.24, 2.45) is 0 Å². The van der Waals surface area contributed by atoms with Crippen LogP contribution in [0.1, 0.15) is 44.9 Å². The average Bonchev–Trinajstić information content (AvgIpc) is 2.91. The van der Waals surface area contributed by atoms with Crippen LogP contribution in [0, 0.1) is 0 Å². The summed E-state index contributed by atoms with van der Waals surface area (Å²) in [4.78, 5) is 0. The fourth-order valence-electron chi connectivity index (χ4n) is 3.22. The number of aliphatic hydroxyl groups is 1. The van der Waals surface area contributed by atoms with Crippen molar-refractivity contribution in [3.63, 3.8) is 0 Å². The minimum absolute atomic E-state index is 0.0371. The summed E-state index contributed by atoms with van der Waals surface area (Å²) in [6.07, 6.45) is 9.10. The minimum atomic E-state index is 0.0371. The van der Waals surface area contributed by atoms with E-state index in [1.54, 1.807) is 0 Å². The lowest BCUT2D eigenvalue weighted by atomic mass is 9.99. The molecule has 0 amide bonds. The summed E-state index contributed by atoms with van der Waals surface area (Å²) in [6, 6.07) is 0.694. The van der Waals surface area contributed by atoms with E-state index in [9.17, 15) is 5.11 Å². The first-order chi connectivity index (χ1) is 8.80. The molecule has 3 fully saturated rings. The molecular weight excluding hydrogens is 246 g/mol. The second kappa shape index (κ2) is 5.70. The van der Waals surface area contributed by atoms with E-state index in [0.717, 1.165) is 25.2 Å². The number of hydrogen-bond acceptors (Lipinski definition) is 4. The first-order valence-corrected chi connectivity index (χ1v) is 8.46. The van der Waals surface area contributed by atoms with Crippen molar-refractivity contribution in [2.75, 3.05) is 19.0 Å².